The Morgan fingerprint density at radius 1 is 0.969 bits per heavy atom. The summed E-state index contributed by atoms with van der Waals surface area (Å²) in [6.07, 6.45) is -3.28. The normalized spacial score (nSPS) is 12.0. The minimum atomic E-state index is -4.45. The molecule has 0 radical (unpaired) electrons. The summed E-state index contributed by atoms with van der Waals surface area (Å²) in [5.74, 6) is -0.697. The Labute approximate surface area is 186 Å². The van der Waals surface area contributed by atoms with Crippen LogP contribution >= 0.6 is 11.6 Å². The number of anilines is 1. The van der Waals surface area contributed by atoms with Gasteiger partial charge in [-0.05, 0) is 60.2 Å². The van der Waals surface area contributed by atoms with Crippen molar-refractivity contribution in [1.29, 1.82) is 0 Å². The van der Waals surface area contributed by atoms with Crippen molar-refractivity contribution in [2.45, 2.75) is 11.1 Å². The van der Waals surface area contributed by atoms with Crippen LogP contribution in [0.1, 0.15) is 21.5 Å². The number of benzene rings is 3. The van der Waals surface area contributed by atoms with Crippen molar-refractivity contribution in [1.82, 2.24) is 5.43 Å². The van der Waals surface area contributed by atoms with E-state index in [1.54, 1.807) is 0 Å². The molecule has 6 nitrogen and oxygen atoms in total. The molecule has 0 fully saturated rings. The van der Waals surface area contributed by atoms with E-state index in [4.69, 9.17) is 11.6 Å². The number of amides is 1. The van der Waals surface area contributed by atoms with E-state index in [2.05, 4.69) is 15.2 Å². The molecule has 0 aliphatic rings. The number of nitrogens with zero attached hydrogens (tertiary/aromatic N) is 1. The second kappa shape index (κ2) is 9.41. The zero-order chi connectivity index (χ0) is 23.4. The van der Waals surface area contributed by atoms with Gasteiger partial charge in [0.05, 0.1) is 16.7 Å². The van der Waals surface area contributed by atoms with E-state index < -0.39 is 27.7 Å². The predicted octanol–water partition coefficient (Wildman–Crippen LogP) is 4.92. The van der Waals surface area contributed by atoms with Crippen LogP contribution < -0.4 is 10.1 Å². The van der Waals surface area contributed by atoms with Crippen LogP contribution in [0.3, 0.4) is 0 Å². The number of hydrogen-bond acceptors (Lipinski definition) is 4. The summed E-state index contributed by atoms with van der Waals surface area (Å²) in [5.41, 5.74) is 2.06. The Morgan fingerprint density at radius 3 is 2.25 bits per heavy atom. The van der Waals surface area contributed by atoms with Crippen molar-refractivity contribution in [3.05, 3.63) is 94.5 Å². The Kier molecular flexibility index (Phi) is 6.85. The number of hydrazone groups is 1. The second-order valence-electron chi connectivity index (χ2n) is 6.46. The lowest BCUT2D eigenvalue weighted by atomic mass is 10.1. The fourth-order valence-corrected chi connectivity index (χ4v) is 3.75. The molecule has 0 heterocycles. The Bertz CT molecular complexity index is 1240. The van der Waals surface area contributed by atoms with Gasteiger partial charge >= 0.3 is 6.18 Å². The van der Waals surface area contributed by atoms with Crippen molar-refractivity contribution >= 4 is 39.4 Å². The second-order valence-corrected chi connectivity index (χ2v) is 8.58. The molecule has 3 rings (SSSR count). The Hall–Kier alpha value is -3.37. The van der Waals surface area contributed by atoms with Crippen LogP contribution in [0.15, 0.2) is 82.8 Å². The molecule has 0 unspecified atom stereocenters. The van der Waals surface area contributed by atoms with E-state index >= 15 is 0 Å². The van der Waals surface area contributed by atoms with Crippen LogP contribution in [0.2, 0.25) is 5.02 Å². The van der Waals surface area contributed by atoms with E-state index in [0.29, 0.717) is 16.3 Å². The minimum absolute atomic E-state index is 0.0218. The van der Waals surface area contributed by atoms with Gasteiger partial charge in [-0.1, -0.05) is 29.8 Å². The van der Waals surface area contributed by atoms with Gasteiger partial charge in [0.15, 0.2) is 0 Å². The number of carbonyl (C=O) groups excluding carboxylic acids is 1. The van der Waals surface area contributed by atoms with Crippen molar-refractivity contribution in [3.8, 4) is 0 Å². The molecular formula is C21H15ClF3N3O3S. The molecule has 166 valence electrons. The summed E-state index contributed by atoms with van der Waals surface area (Å²) in [6, 6.07) is 15.5. The molecule has 3 aromatic carbocycles. The van der Waals surface area contributed by atoms with E-state index in [-0.39, 0.29) is 10.5 Å². The van der Waals surface area contributed by atoms with Gasteiger partial charge in [-0.25, -0.2) is 13.8 Å². The zero-order valence-electron chi connectivity index (χ0n) is 16.1. The minimum Gasteiger partial charge on any atom is -0.280 e. The molecule has 0 aliphatic carbocycles. The number of alkyl halides is 3. The quantitative estimate of drug-likeness (QED) is 0.387. The highest BCUT2D eigenvalue weighted by atomic mass is 35.5. The Morgan fingerprint density at radius 2 is 1.62 bits per heavy atom. The summed E-state index contributed by atoms with van der Waals surface area (Å²) in [4.78, 5) is 12.1. The molecule has 0 spiro atoms. The van der Waals surface area contributed by atoms with Gasteiger partial charge in [-0.2, -0.15) is 18.3 Å². The zero-order valence-corrected chi connectivity index (χ0v) is 17.7. The van der Waals surface area contributed by atoms with Crippen LogP contribution in [-0.2, 0) is 16.2 Å². The number of nitrogens with one attached hydrogen (secondary N) is 2. The molecule has 0 atom stereocenters. The van der Waals surface area contributed by atoms with E-state index in [0.717, 1.165) is 12.1 Å². The summed E-state index contributed by atoms with van der Waals surface area (Å²) in [7, 11) is -3.97. The van der Waals surface area contributed by atoms with E-state index in [1.807, 2.05) is 0 Å². The largest absolute Gasteiger partial charge is 0.416 e. The maximum absolute atomic E-state index is 12.6. The molecule has 3 aromatic rings. The number of hydrogen-bond donors (Lipinski definition) is 2. The lowest BCUT2D eigenvalue weighted by Gasteiger charge is -2.09. The van der Waals surface area contributed by atoms with Crippen LogP contribution in [0.5, 0.6) is 0 Å². The third kappa shape index (κ3) is 6.08. The van der Waals surface area contributed by atoms with Gasteiger partial charge in [0.1, 0.15) is 0 Å². The molecule has 0 aliphatic heterocycles. The summed E-state index contributed by atoms with van der Waals surface area (Å²) in [6.45, 7) is 0. The molecule has 11 heteroatoms. The molecule has 1 amide bonds. The van der Waals surface area contributed by atoms with Gasteiger partial charge in [-0.15, -0.1) is 0 Å². The van der Waals surface area contributed by atoms with Crippen molar-refractivity contribution < 1.29 is 26.4 Å². The maximum Gasteiger partial charge on any atom is 0.416 e. The van der Waals surface area contributed by atoms with Crippen LogP contribution in [0.25, 0.3) is 0 Å². The van der Waals surface area contributed by atoms with Crippen molar-refractivity contribution in [3.63, 3.8) is 0 Å². The van der Waals surface area contributed by atoms with E-state index in [1.165, 1.54) is 66.9 Å². The monoisotopic (exact) mass is 481 g/mol. The van der Waals surface area contributed by atoms with Crippen molar-refractivity contribution in [2.75, 3.05) is 4.72 Å². The third-order valence-electron chi connectivity index (χ3n) is 4.12. The number of halogens is 4. The molecule has 32 heavy (non-hydrogen) atoms. The molecule has 0 bridgehead atoms. The highest BCUT2D eigenvalue weighted by molar-refractivity contribution is 7.92. The smallest absolute Gasteiger partial charge is 0.280 e. The summed E-state index contributed by atoms with van der Waals surface area (Å²) < 4.78 is 65.3. The first-order valence-electron chi connectivity index (χ1n) is 8.94. The SMILES string of the molecule is O=C(N/N=C\c1ccc(C(F)(F)F)cc1)c1cccc(S(=O)(=O)Nc2ccc(Cl)cc2)c1. The standard InChI is InChI=1S/C21H15ClF3N3O3S/c22-17-8-10-18(11-9-17)28-32(30,31)19-3-1-2-15(12-19)20(29)27-26-13-14-4-6-16(7-5-14)21(23,24)25/h1-13,28H,(H,27,29)/b26-13-. The molecule has 0 aromatic heterocycles. The number of carbonyl (C=O) groups is 1. The average Bonchev–Trinajstić information content (AvgIpc) is 2.75. The van der Waals surface area contributed by atoms with Crippen LogP contribution in [0, 0.1) is 0 Å². The summed E-state index contributed by atoms with van der Waals surface area (Å²) in [5, 5.41) is 4.14. The molecule has 0 saturated heterocycles. The maximum atomic E-state index is 12.6. The molecular weight excluding hydrogens is 467 g/mol. The first-order chi connectivity index (χ1) is 15.0. The van der Waals surface area contributed by atoms with Gasteiger partial charge < -0.3 is 0 Å². The third-order valence-corrected chi connectivity index (χ3v) is 5.75. The lowest BCUT2D eigenvalue weighted by molar-refractivity contribution is -0.137. The Balaban J connectivity index is 1.68. The molecule has 0 saturated carbocycles. The van der Waals surface area contributed by atoms with Gasteiger partial charge in [0, 0.05) is 16.3 Å². The number of rotatable bonds is 6. The van der Waals surface area contributed by atoms with Gasteiger partial charge in [-0.3, -0.25) is 9.52 Å². The van der Waals surface area contributed by atoms with Crippen LogP contribution in [-0.4, -0.2) is 20.5 Å². The highest BCUT2D eigenvalue weighted by Crippen LogP contribution is 2.28. The topological polar surface area (TPSA) is 87.6 Å². The van der Waals surface area contributed by atoms with Crippen LogP contribution in [0.4, 0.5) is 18.9 Å². The average molecular weight is 482 g/mol. The number of sulfonamides is 1. The van der Waals surface area contributed by atoms with Gasteiger partial charge in [0.25, 0.3) is 15.9 Å². The predicted molar refractivity (Wildman–Crippen MR) is 115 cm³/mol. The summed E-state index contributed by atoms with van der Waals surface area (Å²) >= 11 is 5.78. The van der Waals surface area contributed by atoms with Crippen molar-refractivity contribution in [2.24, 2.45) is 5.10 Å². The highest BCUT2D eigenvalue weighted by Gasteiger charge is 2.29. The fourth-order valence-electron chi connectivity index (χ4n) is 2.52. The molecule has 2 N–H and O–H groups in total. The lowest BCUT2D eigenvalue weighted by Crippen LogP contribution is -2.19. The fraction of sp³-hybridized carbons (Fsp3) is 0.0476. The van der Waals surface area contributed by atoms with Gasteiger partial charge in [0.2, 0.25) is 0 Å². The first-order valence-corrected chi connectivity index (χ1v) is 10.8. The van der Waals surface area contributed by atoms with E-state index in [9.17, 15) is 26.4 Å². The first kappa shape index (κ1) is 23.3.